The number of ketones is 1. The maximum atomic E-state index is 15.5. The molecule has 2 aliphatic heterocycles. The van der Waals surface area contributed by atoms with Gasteiger partial charge in [-0.1, -0.05) is 64.7 Å². The molecule has 1 spiro atoms. The minimum atomic E-state index is -1.63. The highest BCUT2D eigenvalue weighted by molar-refractivity contribution is 6.00. The number of aliphatic hydroxyl groups excluding tert-OH is 4. The number of fused-ring (bicyclic) bond motifs is 2. The summed E-state index contributed by atoms with van der Waals surface area (Å²) in [7, 11) is 0. The van der Waals surface area contributed by atoms with E-state index in [2.05, 4.69) is 42.7 Å². The van der Waals surface area contributed by atoms with Crippen LogP contribution in [0.25, 0.3) is 0 Å². The van der Waals surface area contributed by atoms with E-state index >= 15 is 4.79 Å². The number of Topliss-reactive ketones (excluding diaryl/α,β-unsaturated/α-hetero) is 1. The molecule has 0 amide bonds. The van der Waals surface area contributed by atoms with Crippen molar-refractivity contribution < 1.29 is 40.2 Å². The third-order valence-corrected chi connectivity index (χ3v) is 17.3. The second-order valence-corrected chi connectivity index (χ2v) is 20.3. The molecule has 8 aliphatic rings. The van der Waals surface area contributed by atoms with Gasteiger partial charge in [-0.2, -0.15) is 0 Å². The summed E-state index contributed by atoms with van der Waals surface area (Å²) in [5, 5.41) is 79.2. The molecule has 6 aliphatic carbocycles. The number of nitrogens with one attached hydrogen (secondary N) is 2. The summed E-state index contributed by atoms with van der Waals surface area (Å²) in [6.07, 6.45) is 14.1. The molecule has 0 aromatic heterocycles. The standard InChI is InChI=1S/C46H71N3O8/c1-6-7-8-9-10-28-23-57-41(25(28)3)42(54)44(5,55)33-17-18-46(56)37-35-26(19-43(33,46)4)11-13-29(27-12-16-34(47)48-22-27)31-15-14-30-36(40(53)38(37)49-21-24(2)50)45(31,35)20-32(51)39(30)52/h11-13,16,22,24-26,28-36,39,41-42,48-52,54-56H,6-10,14-15,17-21,23,47H2,1-5H3. The quantitative estimate of drug-likeness (QED) is 0.104. The van der Waals surface area contributed by atoms with Crippen LogP contribution in [0.1, 0.15) is 105 Å². The monoisotopic (exact) mass is 794 g/mol. The van der Waals surface area contributed by atoms with Gasteiger partial charge in [-0.3, -0.25) is 4.79 Å². The van der Waals surface area contributed by atoms with Crippen molar-refractivity contribution in [3.63, 3.8) is 0 Å². The maximum Gasteiger partial charge on any atom is 0.182 e. The van der Waals surface area contributed by atoms with E-state index in [1.54, 1.807) is 13.8 Å². The molecule has 19 unspecified atom stereocenters. The first-order chi connectivity index (χ1) is 27.0. The molecule has 57 heavy (non-hydrogen) atoms. The van der Waals surface area contributed by atoms with Crippen LogP contribution in [0.4, 0.5) is 0 Å². The largest absolute Gasteiger partial charge is 0.392 e. The van der Waals surface area contributed by atoms with E-state index in [4.69, 9.17) is 10.5 Å². The summed E-state index contributed by atoms with van der Waals surface area (Å²) in [4.78, 5) is 15.5. The molecule has 2 heterocycles. The number of allylic oxidation sites excluding steroid dienone is 5. The van der Waals surface area contributed by atoms with Gasteiger partial charge in [0.25, 0.3) is 0 Å². The smallest absolute Gasteiger partial charge is 0.182 e. The third kappa shape index (κ3) is 6.21. The molecular formula is C46H71N3O8. The summed E-state index contributed by atoms with van der Waals surface area (Å²) in [6.45, 7) is 10.4. The molecule has 4 saturated carbocycles. The number of carbonyl (C=O) groups is 1. The molecule has 0 aromatic rings. The Morgan fingerprint density at radius 1 is 1.09 bits per heavy atom. The van der Waals surface area contributed by atoms with Gasteiger partial charge in [0.1, 0.15) is 6.10 Å². The summed E-state index contributed by atoms with van der Waals surface area (Å²) in [6, 6.07) is 0. The number of aliphatic hydroxyl groups is 6. The molecule has 2 bridgehead atoms. The number of carbonyl (C=O) groups excluding carboxylic acids is 1. The van der Waals surface area contributed by atoms with Crippen LogP contribution in [0.15, 0.2) is 47.3 Å². The van der Waals surface area contributed by atoms with Crippen LogP contribution in [-0.4, -0.2) is 97.5 Å². The molecule has 19 atom stereocenters. The lowest BCUT2D eigenvalue weighted by atomic mass is 9.36. The van der Waals surface area contributed by atoms with Gasteiger partial charge >= 0.3 is 0 Å². The van der Waals surface area contributed by atoms with Crippen molar-refractivity contribution in [1.29, 1.82) is 0 Å². The first-order valence-electron chi connectivity index (χ1n) is 22.4. The highest BCUT2D eigenvalue weighted by Gasteiger charge is 2.76. The highest BCUT2D eigenvalue weighted by Crippen LogP contribution is 2.75. The molecule has 318 valence electrons. The molecule has 0 aromatic carbocycles. The van der Waals surface area contributed by atoms with Gasteiger partial charge in [0.15, 0.2) is 5.78 Å². The second kappa shape index (κ2) is 15.1. The SMILES string of the molecule is CCCCCCC1COC(C(O)C(C)(O)C2CCC3(O)C4=C(NCC(C)O)C(=O)C5C6CCC7C(C8=CNC(N)C=C8)C=CC(CC23C)C4C75CC(O)C6O)C1C. The molecule has 11 nitrogen and oxygen atoms in total. The lowest BCUT2D eigenvalue weighted by Gasteiger charge is -2.69. The van der Waals surface area contributed by atoms with Crippen LogP contribution in [0.5, 0.6) is 0 Å². The summed E-state index contributed by atoms with van der Waals surface area (Å²) in [5.74, 6) is -2.14. The summed E-state index contributed by atoms with van der Waals surface area (Å²) >= 11 is 0. The fourth-order valence-corrected chi connectivity index (χ4v) is 14.7. The number of rotatable bonds is 12. The van der Waals surface area contributed by atoms with Crippen molar-refractivity contribution in [2.24, 2.45) is 69.8 Å². The Labute approximate surface area is 339 Å². The van der Waals surface area contributed by atoms with Gasteiger partial charge in [0.2, 0.25) is 0 Å². The lowest BCUT2D eigenvalue weighted by molar-refractivity contribution is -0.223. The van der Waals surface area contributed by atoms with Crippen molar-refractivity contribution in [2.45, 2.75) is 153 Å². The third-order valence-electron chi connectivity index (χ3n) is 17.3. The van der Waals surface area contributed by atoms with Crippen LogP contribution in [0.2, 0.25) is 0 Å². The summed E-state index contributed by atoms with van der Waals surface area (Å²) < 4.78 is 6.33. The number of hydrogen-bond acceptors (Lipinski definition) is 11. The van der Waals surface area contributed by atoms with E-state index in [0.29, 0.717) is 43.1 Å². The highest BCUT2D eigenvalue weighted by atomic mass is 16.5. The zero-order valence-electron chi connectivity index (χ0n) is 34.8. The van der Waals surface area contributed by atoms with Crippen LogP contribution >= 0.6 is 0 Å². The Morgan fingerprint density at radius 2 is 1.86 bits per heavy atom. The van der Waals surface area contributed by atoms with Crippen LogP contribution < -0.4 is 16.4 Å². The Hall–Kier alpha value is -2.09. The molecular weight excluding hydrogens is 723 g/mol. The number of nitrogens with two attached hydrogens (primary N) is 1. The van der Waals surface area contributed by atoms with Crippen LogP contribution in [-0.2, 0) is 9.53 Å². The normalized spacial score (nSPS) is 48.0. The fourth-order valence-electron chi connectivity index (χ4n) is 14.7. The van der Waals surface area contributed by atoms with Gasteiger partial charge in [-0.15, -0.1) is 0 Å². The van der Waals surface area contributed by atoms with E-state index in [1.807, 2.05) is 19.2 Å². The van der Waals surface area contributed by atoms with E-state index < -0.39 is 70.3 Å². The Bertz CT molecular complexity index is 1680. The van der Waals surface area contributed by atoms with Gasteiger partial charge in [0.05, 0.1) is 54.1 Å². The molecule has 11 heteroatoms. The molecule has 5 fully saturated rings. The number of ether oxygens (including phenoxy) is 1. The molecule has 10 N–H and O–H groups in total. The molecule has 0 radical (unpaired) electrons. The number of dihydropyridines is 1. The van der Waals surface area contributed by atoms with E-state index in [9.17, 15) is 30.6 Å². The van der Waals surface area contributed by atoms with Crippen molar-refractivity contribution in [3.8, 4) is 0 Å². The zero-order chi connectivity index (χ0) is 40.8. The van der Waals surface area contributed by atoms with Crippen molar-refractivity contribution >= 4 is 5.78 Å². The summed E-state index contributed by atoms with van der Waals surface area (Å²) in [5.41, 5.74) is 3.25. The van der Waals surface area contributed by atoms with E-state index in [-0.39, 0.29) is 60.9 Å². The Kier molecular flexibility index (Phi) is 11.0. The van der Waals surface area contributed by atoms with E-state index in [0.717, 1.165) is 24.8 Å². The van der Waals surface area contributed by atoms with Gasteiger partial charge in [0, 0.05) is 30.0 Å². The minimum Gasteiger partial charge on any atom is -0.392 e. The lowest BCUT2D eigenvalue weighted by Crippen LogP contribution is -2.71. The Balaban J connectivity index is 1.24. The predicted molar refractivity (Wildman–Crippen MR) is 217 cm³/mol. The first kappa shape index (κ1) is 41.6. The van der Waals surface area contributed by atoms with Crippen molar-refractivity contribution in [3.05, 3.63) is 47.3 Å². The molecule has 1 saturated heterocycles. The fraction of sp³-hybridized carbons (Fsp3) is 0.804. The maximum absolute atomic E-state index is 15.5. The topological polar surface area (TPSA) is 198 Å². The first-order valence-corrected chi connectivity index (χ1v) is 22.4. The minimum absolute atomic E-state index is 0.0566. The second-order valence-electron chi connectivity index (χ2n) is 20.3. The predicted octanol–water partition coefficient (Wildman–Crippen LogP) is 3.58. The Morgan fingerprint density at radius 3 is 2.56 bits per heavy atom. The average Bonchev–Trinajstić information content (AvgIpc) is 3.63. The number of hydrogen-bond donors (Lipinski definition) is 9. The van der Waals surface area contributed by atoms with Gasteiger partial charge < -0.3 is 51.7 Å². The molecule has 8 rings (SSSR count). The van der Waals surface area contributed by atoms with E-state index in [1.165, 1.54) is 19.3 Å². The average molecular weight is 794 g/mol. The van der Waals surface area contributed by atoms with Gasteiger partial charge in [-0.25, -0.2) is 0 Å². The van der Waals surface area contributed by atoms with Crippen LogP contribution in [0, 0.1) is 64.1 Å². The van der Waals surface area contributed by atoms with Gasteiger partial charge in [-0.05, 0) is 123 Å². The van der Waals surface area contributed by atoms with Crippen LogP contribution in [0.3, 0.4) is 0 Å². The van der Waals surface area contributed by atoms with Crippen molar-refractivity contribution in [1.82, 2.24) is 10.6 Å². The number of unbranched alkanes of at least 4 members (excludes halogenated alkanes) is 3. The van der Waals surface area contributed by atoms with Crippen molar-refractivity contribution in [2.75, 3.05) is 13.2 Å². The zero-order valence-corrected chi connectivity index (χ0v) is 34.8.